The highest BCUT2D eigenvalue weighted by Gasteiger charge is 2.46. The zero-order chi connectivity index (χ0) is 44.0. The molecule has 0 N–H and O–H groups in total. The molecule has 0 saturated heterocycles. The summed E-state index contributed by atoms with van der Waals surface area (Å²) < 4.78 is 6.56. The monoisotopic (exact) mass is 843 g/mol. The average Bonchev–Trinajstić information content (AvgIpc) is 3.98. The molecule has 10 aromatic carbocycles. The first kappa shape index (κ1) is 38.3. The third-order valence-electron chi connectivity index (χ3n) is 14.6. The minimum Gasteiger partial charge on any atom is -0.455 e. The molecule has 1 aromatic heterocycles. The first-order chi connectivity index (χ1) is 32.5. The minimum atomic E-state index is -0.547. The zero-order valence-corrected chi connectivity index (χ0v) is 36.9. The van der Waals surface area contributed by atoms with Gasteiger partial charge in [-0.25, -0.2) is 0 Å². The van der Waals surface area contributed by atoms with Crippen molar-refractivity contribution in [3.05, 3.63) is 270 Å². The first-order valence-electron chi connectivity index (χ1n) is 23.0. The van der Waals surface area contributed by atoms with E-state index in [2.05, 4.69) is 249 Å². The Labute approximate surface area is 385 Å². The summed E-state index contributed by atoms with van der Waals surface area (Å²) in [5.74, 6) is 0. The first-order valence-corrected chi connectivity index (χ1v) is 23.0. The van der Waals surface area contributed by atoms with E-state index < -0.39 is 5.41 Å². The summed E-state index contributed by atoms with van der Waals surface area (Å²) in [4.78, 5) is 2.51. The van der Waals surface area contributed by atoms with Crippen LogP contribution in [0.5, 0.6) is 0 Å². The van der Waals surface area contributed by atoms with Crippen molar-refractivity contribution in [2.45, 2.75) is 24.7 Å². The summed E-state index contributed by atoms with van der Waals surface area (Å²) in [7, 11) is 0. The largest absolute Gasteiger partial charge is 0.455 e. The SMILES string of the molecule is CC1(C)c2ccccc2-c2cc(-c3ccccc3)c(N(c3ccc(-c4cccc5c4oc4ccccc45)cc3)c3ccc4c(c3)C(c3ccccc3)(c3ccccc3)c3ccccc3-4)cc21. The molecule has 0 bridgehead atoms. The number of nitrogens with zero attached hydrogens (tertiary/aromatic N) is 1. The van der Waals surface area contributed by atoms with E-state index >= 15 is 0 Å². The van der Waals surface area contributed by atoms with Crippen LogP contribution in [-0.4, -0.2) is 0 Å². The van der Waals surface area contributed by atoms with E-state index in [1.165, 1.54) is 66.8 Å². The second kappa shape index (κ2) is 14.7. The van der Waals surface area contributed by atoms with Gasteiger partial charge in [0.25, 0.3) is 0 Å². The fraction of sp³-hybridized carbons (Fsp3) is 0.0625. The molecule has 66 heavy (non-hydrogen) atoms. The zero-order valence-electron chi connectivity index (χ0n) is 36.9. The van der Waals surface area contributed by atoms with Gasteiger partial charge in [0.15, 0.2) is 0 Å². The van der Waals surface area contributed by atoms with Crippen LogP contribution in [0.15, 0.2) is 241 Å². The highest BCUT2D eigenvalue weighted by molar-refractivity contribution is 6.09. The number of hydrogen-bond donors (Lipinski definition) is 0. The molecular weight excluding hydrogens is 799 g/mol. The van der Waals surface area contributed by atoms with E-state index in [4.69, 9.17) is 4.42 Å². The van der Waals surface area contributed by atoms with Crippen molar-refractivity contribution in [2.24, 2.45) is 0 Å². The predicted molar refractivity (Wildman–Crippen MR) is 274 cm³/mol. The number of hydrogen-bond acceptors (Lipinski definition) is 2. The molecule has 0 spiro atoms. The Morgan fingerprint density at radius 1 is 0.348 bits per heavy atom. The lowest BCUT2D eigenvalue weighted by molar-refractivity contribution is 0.660. The lowest BCUT2D eigenvalue weighted by Crippen LogP contribution is -2.28. The van der Waals surface area contributed by atoms with Crippen molar-refractivity contribution < 1.29 is 4.42 Å². The predicted octanol–water partition coefficient (Wildman–Crippen LogP) is 17.1. The van der Waals surface area contributed by atoms with Gasteiger partial charge in [0.1, 0.15) is 11.2 Å². The molecule has 13 rings (SSSR count). The summed E-state index contributed by atoms with van der Waals surface area (Å²) >= 11 is 0. The van der Waals surface area contributed by atoms with Crippen molar-refractivity contribution in [2.75, 3.05) is 4.90 Å². The van der Waals surface area contributed by atoms with Gasteiger partial charge in [-0.1, -0.05) is 208 Å². The van der Waals surface area contributed by atoms with Crippen LogP contribution in [0.2, 0.25) is 0 Å². The van der Waals surface area contributed by atoms with Gasteiger partial charge in [-0.2, -0.15) is 0 Å². The summed E-state index contributed by atoms with van der Waals surface area (Å²) in [6.07, 6.45) is 0. The van der Waals surface area contributed by atoms with Gasteiger partial charge >= 0.3 is 0 Å². The normalized spacial score (nSPS) is 13.8. The van der Waals surface area contributed by atoms with Gasteiger partial charge in [-0.05, 0) is 109 Å². The number of rotatable bonds is 7. The second-order valence-corrected chi connectivity index (χ2v) is 18.4. The molecule has 1 heterocycles. The van der Waals surface area contributed by atoms with Gasteiger partial charge in [-0.15, -0.1) is 0 Å². The number of benzene rings is 10. The maximum absolute atomic E-state index is 6.56. The smallest absolute Gasteiger partial charge is 0.143 e. The Bertz CT molecular complexity index is 3620. The van der Waals surface area contributed by atoms with Crippen molar-refractivity contribution >= 4 is 39.0 Å². The van der Waals surface area contributed by atoms with Crippen LogP contribution in [-0.2, 0) is 10.8 Å². The lowest BCUT2D eigenvalue weighted by atomic mass is 9.67. The Kier molecular flexibility index (Phi) is 8.51. The summed E-state index contributed by atoms with van der Waals surface area (Å²) in [6.45, 7) is 4.75. The summed E-state index contributed by atoms with van der Waals surface area (Å²) in [5, 5.41) is 2.26. The molecule has 0 fully saturated rings. The fourth-order valence-corrected chi connectivity index (χ4v) is 11.5. The molecule has 0 amide bonds. The maximum Gasteiger partial charge on any atom is 0.143 e. The molecule has 0 unspecified atom stereocenters. The number of para-hydroxylation sites is 2. The van der Waals surface area contributed by atoms with Crippen molar-refractivity contribution in [3.8, 4) is 44.5 Å². The molecule has 0 atom stereocenters. The summed E-state index contributed by atoms with van der Waals surface area (Å²) in [5.41, 5.74) is 21.8. The molecule has 2 aliphatic carbocycles. The lowest BCUT2D eigenvalue weighted by Gasteiger charge is -2.35. The van der Waals surface area contributed by atoms with E-state index in [1.54, 1.807) is 0 Å². The van der Waals surface area contributed by atoms with Crippen LogP contribution in [0.3, 0.4) is 0 Å². The molecule has 312 valence electrons. The number of fused-ring (bicyclic) bond motifs is 9. The Morgan fingerprint density at radius 2 is 0.894 bits per heavy atom. The Morgan fingerprint density at radius 3 is 1.62 bits per heavy atom. The number of anilines is 3. The van der Waals surface area contributed by atoms with E-state index in [1.807, 2.05) is 6.07 Å². The second-order valence-electron chi connectivity index (χ2n) is 18.4. The van der Waals surface area contributed by atoms with Gasteiger partial charge < -0.3 is 9.32 Å². The van der Waals surface area contributed by atoms with E-state index in [-0.39, 0.29) is 5.41 Å². The van der Waals surface area contributed by atoms with Crippen molar-refractivity contribution in [3.63, 3.8) is 0 Å². The molecule has 0 saturated carbocycles. The van der Waals surface area contributed by atoms with Crippen LogP contribution >= 0.6 is 0 Å². The molecule has 2 aliphatic rings. The quantitative estimate of drug-likeness (QED) is 0.159. The molecule has 11 aromatic rings. The van der Waals surface area contributed by atoms with Gasteiger partial charge in [-0.3, -0.25) is 0 Å². The van der Waals surface area contributed by atoms with E-state index in [9.17, 15) is 0 Å². The molecule has 2 nitrogen and oxygen atoms in total. The van der Waals surface area contributed by atoms with Crippen LogP contribution < -0.4 is 4.90 Å². The van der Waals surface area contributed by atoms with Gasteiger partial charge in [0.05, 0.1) is 11.1 Å². The minimum absolute atomic E-state index is 0.202. The molecular formula is C64H45NO. The van der Waals surface area contributed by atoms with Crippen LogP contribution in [0.25, 0.3) is 66.4 Å². The average molecular weight is 844 g/mol. The van der Waals surface area contributed by atoms with E-state index in [0.717, 1.165) is 50.1 Å². The number of furan rings is 1. The Balaban J connectivity index is 1.08. The molecule has 0 aliphatic heterocycles. The van der Waals surface area contributed by atoms with Crippen molar-refractivity contribution in [1.29, 1.82) is 0 Å². The van der Waals surface area contributed by atoms with Gasteiger partial charge in [0.2, 0.25) is 0 Å². The van der Waals surface area contributed by atoms with E-state index in [0.29, 0.717) is 0 Å². The third-order valence-corrected chi connectivity index (χ3v) is 14.6. The van der Waals surface area contributed by atoms with Crippen LogP contribution in [0, 0.1) is 0 Å². The van der Waals surface area contributed by atoms with Crippen LogP contribution in [0.1, 0.15) is 47.2 Å². The van der Waals surface area contributed by atoms with Crippen LogP contribution in [0.4, 0.5) is 17.1 Å². The highest BCUT2D eigenvalue weighted by Crippen LogP contribution is 2.58. The molecule has 0 radical (unpaired) electrons. The third kappa shape index (κ3) is 5.55. The Hall–Kier alpha value is -8.20. The van der Waals surface area contributed by atoms with Crippen molar-refractivity contribution in [1.82, 2.24) is 0 Å². The molecule has 2 heteroatoms. The topological polar surface area (TPSA) is 16.4 Å². The standard InChI is InChI=1S/C64H45NO/c1-63(2)56-30-15-12-26-50(56)55-40-54(42-19-6-3-7-20-42)60(41-58(55)63)65(46-35-33-43(34-36-46)48-28-18-29-53-52-27-14-17-32-61(52)66-62(48)53)47-37-38-51-49-25-13-16-31-57(49)64(59(51)39-47,44-21-8-4-9-22-44)45-23-10-5-11-24-45/h3-41H,1-2H3. The highest BCUT2D eigenvalue weighted by atomic mass is 16.3. The maximum atomic E-state index is 6.56. The van der Waals surface area contributed by atoms with Gasteiger partial charge in [0, 0.05) is 38.7 Å². The fourth-order valence-electron chi connectivity index (χ4n) is 11.5. The summed E-state index contributed by atoms with van der Waals surface area (Å²) in [6, 6.07) is 87.1.